The lowest BCUT2D eigenvalue weighted by Gasteiger charge is -2.53. The Morgan fingerprint density at radius 3 is 2.56 bits per heavy atom. The molecule has 96 valence electrons. The molecule has 2 aliphatic rings. The lowest BCUT2D eigenvalue weighted by atomic mass is 9.68. The molecule has 2 nitrogen and oxygen atoms in total. The molecule has 1 aromatic carbocycles. The number of carbonyl (C=O) groups is 1. The van der Waals surface area contributed by atoms with Crippen molar-refractivity contribution in [2.24, 2.45) is 5.41 Å². The fraction of sp³-hybridized carbons (Fsp3) is 0.562. The summed E-state index contributed by atoms with van der Waals surface area (Å²) in [5.41, 5.74) is 2.65. The Hall–Kier alpha value is -1.31. The second-order valence-corrected chi connectivity index (χ2v) is 6.02. The van der Waals surface area contributed by atoms with Crippen molar-refractivity contribution >= 4 is 11.5 Å². The van der Waals surface area contributed by atoms with Crippen LogP contribution in [0.25, 0.3) is 0 Å². The van der Waals surface area contributed by atoms with Gasteiger partial charge >= 0.3 is 0 Å². The van der Waals surface area contributed by atoms with E-state index in [1.807, 2.05) is 18.2 Å². The number of hydrogen-bond acceptors (Lipinski definition) is 2. The predicted molar refractivity (Wildman–Crippen MR) is 74.2 cm³/mol. The van der Waals surface area contributed by atoms with Gasteiger partial charge in [-0.25, -0.2) is 0 Å². The van der Waals surface area contributed by atoms with E-state index in [2.05, 4.69) is 11.0 Å². The minimum Gasteiger partial charge on any atom is -0.370 e. The Bertz CT molecular complexity index is 452. The molecule has 2 heteroatoms. The Balaban J connectivity index is 1.70. The fourth-order valence-corrected chi connectivity index (χ4v) is 3.49. The van der Waals surface area contributed by atoms with Gasteiger partial charge in [-0.2, -0.15) is 0 Å². The van der Waals surface area contributed by atoms with Crippen LogP contribution in [0.4, 0.5) is 5.69 Å². The lowest BCUT2D eigenvalue weighted by molar-refractivity contribution is 0.101. The molecular formula is C16H21NO. The summed E-state index contributed by atoms with van der Waals surface area (Å²) in [6.07, 6.45) is 7.02. The van der Waals surface area contributed by atoms with Crippen LogP contribution >= 0.6 is 0 Å². The average molecular weight is 243 g/mol. The van der Waals surface area contributed by atoms with Gasteiger partial charge in [0.25, 0.3) is 0 Å². The van der Waals surface area contributed by atoms with Crippen molar-refractivity contribution in [1.29, 1.82) is 0 Å². The van der Waals surface area contributed by atoms with Crippen molar-refractivity contribution < 1.29 is 4.79 Å². The quantitative estimate of drug-likeness (QED) is 0.739. The van der Waals surface area contributed by atoms with Crippen LogP contribution in [0.2, 0.25) is 0 Å². The first-order valence-electron chi connectivity index (χ1n) is 7.05. The number of carbonyl (C=O) groups excluding carboxylic acids is 1. The summed E-state index contributed by atoms with van der Waals surface area (Å²) in [4.78, 5) is 13.8. The van der Waals surface area contributed by atoms with Crippen LogP contribution in [0.3, 0.4) is 0 Å². The number of benzene rings is 1. The highest BCUT2D eigenvalue weighted by atomic mass is 16.1. The number of nitrogens with zero attached hydrogens (tertiary/aromatic N) is 1. The highest BCUT2D eigenvalue weighted by Gasteiger charge is 2.43. The second kappa shape index (κ2) is 4.42. The molecule has 1 saturated carbocycles. The van der Waals surface area contributed by atoms with E-state index in [1.54, 1.807) is 6.92 Å². The Kier molecular flexibility index (Phi) is 2.89. The van der Waals surface area contributed by atoms with Crippen molar-refractivity contribution in [3.05, 3.63) is 29.8 Å². The molecule has 0 aromatic heterocycles. The van der Waals surface area contributed by atoms with Crippen LogP contribution in [0, 0.1) is 5.41 Å². The van der Waals surface area contributed by atoms with E-state index in [0.29, 0.717) is 5.41 Å². The van der Waals surface area contributed by atoms with Gasteiger partial charge in [0, 0.05) is 29.8 Å². The van der Waals surface area contributed by atoms with Gasteiger partial charge in [0.15, 0.2) is 5.78 Å². The average Bonchev–Trinajstić information content (AvgIpc) is 2.37. The molecule has 1 aromatic rings. The largest absolute Gasteiger partial charge is 0.370 e. The summed E-state index contributed by atoms with van der Waals surface area (Å²) >= 11 is 0. The summed E-state index contributed by atoms with van der Waals surface area (Å²) < 4.78 is 0. The summed E-state index contributed by atoms with van der Waals surface area (Å²) in [6.45, 7) is 4.01. The van der Waals surface area contributed by atoms with Gasteiger partial charge in [-0.15, -0.1) is 0 Å². The number of ketones is 1. The van der Waals surface area contributed by atoms with E-state index in [1.165, 1.54) is 50.9 Å². The number of rotatable bonds is 2. The van der Waals surface area contributed by atoms with E-state index in [-0.39, 0.29) is 5.78 Å². The summed E-state index contributed by atoms with van der Waals surface area (Å²) in [7, 11) is 0. The second-order valence-electron chi connectivity index (χ2n) is 6.02. The van der Waals surface area contributed by atoms with Crippen LogP contribution in [0.5, 0.6) is 0 Å². The zero-order chi connectivity index (χ0) is 12.6. The molecule has 0 bridgehead atoms. The number of Topliss-reactive ketones (excluding diaryl/α,β-unsaturated/α-hetero) is 1. The van der Waals surface area contributed by atoms with E-state index in [9.17, 15) is 4.79 Å². The first-order chi connectivity index (χ1) is 8.69. The highest BCUT2D eigenvalue weighted by Crippen LogP contribution is 2.45. The van der Waals surface area contributed by atoms with Gasteiger partial charge in [-0.1, -0.05) is 31.4 Å². The zero-order valence-corrected chi connectivity index (χ0v) is 11.1. The highest BCUT2D eigenvalue weighted by molar-refractivity contribution is 5.95. The topological polar surface area (TPSA) is 20.3 Å². The zero-order valence-electron chi connectivity index (χ0n) is 11.1. The van der Waals surface area contributed by atoms with Gasteiger partial charge in [0.1, 0.15) is 0 Å². The van der Waals surface area contributed by atoms with Crippen LogP contribution in [0.1, 0.15) is 49.4 Å². The molecule has 0 radical (unpaired) electrons. The monoisotopic (exact) mass is 243 g/mol. The van der Waals surface area contributed by atoms with Crippen LogP contribution in [0.15, 0.2) is 24.3 Å². The Labute approximate surface area is 109 Å². The fourth-order valence-electron chi connectivity index (χ4n) is 3.49. The van der Waals surface area contributed by atoms with Gasteiger partial charge in [-0.05, 0) is 31.9 Å². The molecule has 0 unspecified atom stereocenters. The van der Waals surface area contributed by atoms with Gasteiger partial charge in [0.05, 0.1) is 0 Å². The first-order valence-corrected chi connectivity index (χ1v) is 7.05. The third-order valence-electron chi connectivity index (χ3n) is 4.58. The molecule has 1 aliphatic heterocycles. The van der Waals surface area contributed by atoms with Gasteiger partial charge in [-0.3, -0.25) is 4.79 Å². The molecule has 0 amide bonds. The molecule has 2 fully saturated rings. The van der Waals surface area contributed by atoms with Crippen LogP contribution in [-0.2, 0) is 0 Å². The number of hydrogen-bond donors (Lipinski definition) is 0. The minimum atomic E-state index is 0.157. The normalized spacial score (nSPS) is 21.7. The molecule has 18 heavy (non-hydrogen) atoms. The minimum absolute atomic E-state index is 0.157. The summed E-state index contributed by atoms with van der Waals surface area (Å²) in [5, 5.41) is 0. The Morgan fingerprint density at radius 2 is 1.89 bits per heavy atom. The summed E-state index contributed by atoms with van der Waals surface area (Å²) in [6, 6.07) is 8.07. The molecule has 1 saturated heterocycles. The van der Waals surface area contributed by atoms with E-state index < -0.39 is 0 Å². The molecule has 3 rings (SSSR count). The molecule has 1 aliphatic carbocycles. The van der Waals surface area contributed by atoms with Gasteiger partial charge < -0.3 is 4.90 Å². The van der Waals surface area contributed by atoms with Crippen LogP contribution < -0.4 is 4.90 Å². The molecule has 0 N–H and O–H groups in total. The Morgan fingerprint density at radius 1 is 1.17 bits per heavy atom. The van der Waals surface area contributed by atoms with E-state index in [0.717, 1.165) is 5.56 Å². The molecular weight excluding hydrogens is 222 g/mol. The van der Waals surface area contributed by atoms with Crippen molar-refractivity contribution in [2.75, 3.05) is 18.0 Å². The maximum Gasteiger partial charge on any atom is 0.159 e. The first kappa shape index (κ1) is 11.8. The van der Waals surface area contributed by atoms with E-state index in [4.69, 9.17) is 0 Å². The smallest absolute Gasteiger partial charge is 0.159 e. The van der Waals surface area contributed by atoms with E-state index >= 15 is 0 Å². The maximum absolute atomic E-state index is 11.4. The third-order valence-corrected chi connectivity index (χ3v) is 4.58. The van der Waals surface area contributed by atoms with Crippen molar-refractivity contribution in [3.63, 3.8) is 0 Å². The van der Waals surface area contributed by atoms with Crippen molar-refractivity contribution in [2.45, 2.75) is 39.0 Å². The van der Waals surface area contributed by atoms with Crippen molar-refractivity contribution in [3.8, 4) is 0 Å². The summed E-state index contributed by atoms with van der Waals surface area (Å²) in [5.74, 6) is 0.157. The van der Waals surface area contributed by atoms with Crippen molar-refractivity contribution in [1.82, 2.24) is 0 Å². The van der Waals surface area contributed by atoms with Crippen LogP contribution in [-0.4, -0.2) is 18.9 Å². The SMILES string of the molecule is CC(=O)c1cccc(N2CC3(CCCCC3)C2)c1. The third kappa shape index (κ3) is 2.05. The maximum atomic E-state index is 11.4. The number of anilines is 1. The van der Waals surface area contributed by atoms with Gasteiger partial charge in [0.2, 0.25) is 0 Å². The standard InChI is InChI=1S/C16H21NO/c1-13(18)14-6-5-7-15(10-14)17-11-16(12-17)8-3-2-4-9-16/h5-7,10H,2-4,8-9,11-12H2,1H3. The molecule has 0 atom stereocenters. The predicted octanol–water partition coefficient (Wildman–Crippen LogP) is 3.66. The molecule has 1 heterocycles. The molecule has 1 spiro atoms. The lowest BCUT2D eigenvalue weighted by Crippen LogP contribution is -2.57.